The van der Waals surface area contributed by atoms with Crippen LogP contribution in [0.25, 0.3) is 4.91 Å². The van der Waals surface area contributed by atoms with E-state index in [0.29, 0.717) is 0 Å². The normalized spacial score (nSPS) is 17.7. The van der Waals surface area contributed by atoms with Gasteiger partial charge < -0.3 is 0 Å². The molecule has 1 aromatic carbocycles. The van der Waals surface area contributed by atoms with Gasteiger partial charge in [0.05, 0.1) is 0 Å². The Morgan fingerprint density at radius 1 is 1.00 bits per heavy atom. The lowest BCUT2D eigenvalue weighted by atomic mass is 10.2. The van der Waals surface area contributed by atoms with E-state index in [9.17, 15) is 0 Å². The van der Waals surface area contributed by atoms with Crippen molar-refractivity contribution in [2.75, 3.05) is 5.75 Å². The number of thioether (sulfide) groups is 1. The Kier molecular flexibility index (Phi) is 3.09. The fourth-order valence-electron chi connectivity index (χ4n) is 1.52. The van der Waals surface area contributed by atoms with Crippen molar-refractivity contribution in [2.45, 2.75) is 19.3 Å². The van der Waals surface area contributed by atoms with Crippen molar-refractivity contribution in [2.24, 2.45) is 0 Å². The zero-order valence-corrected chi connectivity index (χ0v) is 8.52. The minimum absolute atomic E-state index is 1.25. The van der Waals surface area contributed by atoms with Crippen LogP contribution in [0, 0.1) is 0 Å². The first-order valence-electron chi connectivity index (χ1n) is 4.85. The number of hydrogen-bond acceptors (Lipinski definition) is 1. The molecule has 0 saturated carbocycles. The second kappa shape index (κ2) is 4.52. The molecule has 0 amide bonds. The molecular weight excluding hydrogens is 176 g/mol. The molecule has 2 rings (SSSR count). The first kappa shape index (κ1) is 8.89. The van der Waals surface area contributed by atoms with Crippen LogP contribution in [0.4, 0.5) is 0 Å². The maximum Gasteiger partial charge on any atom is 0.0104 e. The summed E-state index contributed by atoms with van der Waals surface area (Å²) in [7, 11) is 0. The largest absolute Gasteiger partial charge is 0.126 e. The van der Waals surface area contributed by atoms with Gasteiger partial charge in [-0.15, -0.1) is 11.8 Å². The fraction of sp³-hybridized carbons (Fsp3) is 0.333. The van der Waals surface area contributed by atoms with Crippen LogP contribution in [-0.2, 0) is 0 Å². The summed E-state index contributed by atoms with van der Waals surface area (Å²) in [4.78, 5) is 1.47. The van der Waals surface area contributed by atoms with Gasteiger partial charge in [0.25, 0.3) is 0 Å². The third kappa shape index (κ3) is 2.38. The molecule has 1 heterocycles. The molecule has 1 heteroatoms. The van der Waals surface area contributed by atoms with Crippen molar-refractivity contribution in [3.05, 3.63) is 42.0 Å². The van der Waals surface area contributed by atoms with Crippen LogP contribution in [0.2, 0.25) is 0 Å². The van der Waals surface area contributed by atoms with E-state index in [4.69, 9.17) is 0 Å². The molecule has 0 N–H and O–H groups in total. The topological polar surface area (TPSA) is 0 Å². The van der Waals surface area contributed by atoms with Crippen molar-refractivity contribution in [3.63, 3.8) is 0 Å². The number of benzene rings is 1. The lowest BCUT2D eigenvalue weighted by Crippen LogP contribution is -1.79. The molecule has 0 saturated heterocycles. The van der Waals surface area contributed by atoms with E-state index in [1.807, 2.05) is 11.8 Å². The molecule has 13 heavy (non-hydrogen) atoms. The molecule has 0 unspecified atom stereocenters. The standard InChI is InChI=1S/C12H14S/c1-3-7-11(8-4-1)12-9-5-2-6-10-13-12/h1,3-4,7-9H,2,5-6,10H2. The van der Waals surface area contributed by atoms with Crippen molar-refractivity contribution >= 4 is 16.7 Å². The molecule has 0 nitrogen and oxygen atoms in total. The third-order valence-electron chi connectivity index (χ3n) is 2.24. The Balaban J connectivity index is 2.19. The summed E-state index contributed by atoms with van der Waals surface area (Å²) in [6, 6.07) is 10.7. The summed E-state index contributed by atoms with van der Waals surface area (Å²) in [5.74, 6) is 1.28. The van der Waals surface area contributed by atoms with E-state index in [2.05, 4.69) is 36.4 Å². The predicted octanol–water partition coefficient (Wildman–Crippen LogP) is 3.94. The number of hydrogen-bond donors (Lipinski definition) is 0. The molecule has 0 fully saturated rings. The van der Waals surface area contributed by atoms with Gasteiger partial charge in [-0.3, -0.25) is 0 Å². The van der Waals surface area contributed by atoms with Gasteiger partial charge in [-0.2, -0.15) is 0 Å². The van der Waals surface area contributed by atoms with Gasteiger partial charge >= 0.3 is 0 Å². The molecule has 0 radical (unpaired) electrons. The molecule has 0 bridgehead atoms. The maximum absolute atomic E-state index is 2.38. The summed E-state index contributed by atoms with van der Waals surface area (Å²) >= 11 is 2.00. The van der Waals surface area contributed by atoms with Crippen molar-refractivity contribution in [1.29, 1.82) is 0 Å². The van der Waals surface area contributed by atoms with Gasteiger partial charge in [-0.25, -0.2) is 0 Å². The molecule has 0 spiro atoms. The molecule has 1 aromatic rings. The fourth-order valence-corrected chi connectivity index (χ4v) is 2.63. The van der Waals surface area contributed by atoms with Gasteiger partial charge in [-0.05, 0) is 30.6 Å². The van der Waals surface area contributed by atoms with E-state index >= 15 is 0 Å². The van der Waals surface area contributed by atoms with Crippen LogP contribution in [0.5, 0.6) is 0 Å². The van der Waals surface area contributed by atoms with E-state index in [0.717, 1.165) is 0 Å². The minimum atomic E-state index is 1.25. The highest BCUT2D eigenvalue weighted by molar-refractivity contribution is 8.08. The molecule has 0 atom stereocenters. The predicted molar refractivity (Wildman–Crippen MR) is 60.7 cm³/mol. The summed E-state index contributed by atoms with van der Waals surface area (Å²) in [5, 5.41) is 0. The summed E-state index contributed by atoms with van der Waals surface area (Å²) in [6.45, 7) is 0. The van der Waals surface area contributed by atoms with Crippen LogP contribution < -0.4 is 0 Å². The lowest BCUT2D eigenvalue weighted by Gasteiger charge is -2.03. The Morgan fingerprint density at radius 3 is 2.69 bits per heavy atom. The lowest BCUT2D eigenvalue weighted by molar-refractivity contribution is 0.829. The second-order valence-corrected chi connectivity index (χ2v) is 4.42. The van der Waals surface area contributed by atoms with Crippen LogP contribution in [0.15, 0.2) is 36.4 Å². The smallest absolute Gasteiger partial charge is 0.0104 e. The first-order chi connectivity index (χ1) is 6.47. The van der Waals surface area contributed by atoms with Gasteiger partial charge in [0.2, 0.25) is 0 Å². The average Bonchev–Trinajstić information content (AvgIpc) is 2.47. The van der Waals surface area contributed by atoms with E-state index in [1.165, 1.54) is 35.5 Å². The van der Waals surface area contributed by atoms with Crippen molar-refractivity contribution in [3.8, 4) is 0 Å². The quantitative estimate of drug-likeness (QED) is 0.646. The van der Waals surface area contributed by atoms with Gasteiger partial charge in [0.1, 0.15) is 0 Å². The maximum atomic E-state index is 2.38. The summed E-state index contributed by atoms with van der Waals surface area (Å²) in [6.07, 6.45) is 6.34. The second-order valence-electron chi connectivity index (χ2n) is 3.28. The highest BCUT2D eigenvalue weighted by atomic mass is 32.2. The summed E-state index contributed by atoms with van der Waals surface area (Å²) in [5.41, 5.74) is 1.38. The molecule has 1 aliphatic rings. The highest BCUT2D eigenvalue weighted by Crippen LogP contribution is 2.31. The minimum Gasteiger partial charge on any atom is -0.126 e. The van der Waals surface area contributed by atoms with Gasteiger partial charge in [0, 0.05) is 4.91 Å². The Morgan fingerprint density at radius 2 is 1.85 bits per heavy atom. The molecule has 1 aliphatic heterocycles. The highest BCUT2D eigenvalue weighted by Gasteiger charge is 2.04. The zero-order chi connectivity index (χ0) is 8.93. The van der Waals surface area contributed by atoms with Crippen LogP contribution in [0.3, 0.4) is 0 Å². The zero-order valence-electron chi connectivity index (χ0n) is 7.70. The van der Waals surface area contributed by atoms with Crippen LogP contribution in [-0.4, -0.2) is 5.75 Å². The Bertz CT molecular complexity index is 287. The Labute approximate surface area is 84.0 Å². The van der Waals surface area contributed by atoms with E-state index in [1.54, 1.807) is 0 Å². The monoisotopic (exact) mass is 190 g/mol. The van der Waals surface area contributed by atoms with Crippen molar-refractivity contribution < 1.29 is 0 Å². The van der Waals surface area contributed by atoms with E-state index in [-0.39, 0.29) is 0 Å². The van der Waals surface area contributed by atoms with Gasteiger partial charge in [0.15, 0.2) is 0 Å². The molecule has 0 aromatic heterocycles. The SMILES string of the molecule is C1=C(c2ccccc2)SCCCC1. The summed E-state index contributed by atoms with van der Waals surface area (Å²) < 4.78 is 0. The molecular formula is C12H14S. The number of rotatable bonds is 1. The number of allylic oxidation sites excluding steroid dienone is 1. The first-order valence-corrected chi connectivity index (χ1v) is 5.84. The average molecular weight is 190 g/mol. The van der Waals surface area contributed by atoms with Crippen LogP contribution in [0.1, 0.15) is 24.8 Å². The van der Waals surface area contributed by atoms with E-state index < -0.39 is 0 Å². The van der Waals surface area contributed by atoms with Gasteiger partial charge in [-0.1, -0.05) is 36.4 Å². The molecule has 68 valence electrons. The van der Waals surface area contributed by atoms with Crippen molar-refractivity contribution in [1.82, 2.24) is 0 Å². The molecule has 0 aliphatic carbocycles. The van der Waals surface area contributed by atoms with Crippen LogP contribution >= 0.6 is 11.8 Å². The Hall–Kier alpha value is -0.690. The third-order valence-corrected chi connectivity index (χ3v) is 3.45.